The molecule has 3 heteroatoms. The Morgan fingerprint density at radius 3 is 2.83 bits per heavy atom. The fraction of sp³-hybridized carbons (Fsp3) is 0.600. The quantitative estimate of drug-likeness (QED) is 0.884. The van der Waals surface area contributed by atoms with Gasteiger partial charge in [0, 0.05) is 18.8 Å². The summed E-state index contributed by atoms with van der Waals surface area (Å²) in [5.74, 6) is 0.939. The maximum atomic E-state index is 8.80. The molecule has 1 aliphatic rings. The molecule has 1 saturated carbocycles. The van der Waals surface area contributed by atoms with Crippen LogP contribution in [0.4, 0.5) is 0 Å². The molecule has 0 bridgehead atoms. The molecule has 1 fully saturated rings. The van der Waals surface area contributed by atoms with Gasteiger partial charge in [-0.25, -0.2) is 4.98 Å². The molecule has 0 radical (unpaired) electrons. The third kappa shape index (κ3) is 3.54. The highest BCUT2D eigenvalue weighted by molar-refractivity contribution is 5.25. The zero-order valence-electron chi connectivity index (χ0n) is 11.0. The van der Waals surface area contributed by atoms with E-state index < -0.39 is 0 Å². The maximum Gasteiger partial charge on any atom is 0.140 e. The van der Waals surface area contributed by atoms with Crippen molar-refractivity contribution in [2.24, 2.45) is 5.92 Å². The minimum absolute atomic E-state index is 0.504. The Morgan fingerprint density at radius 1 is 1.39 bits per heavy atom. The first-order valence-electron chi connectivity index (χ1n) is 6.90. The topological polar surface area (TPSA) is 48.7 Å². The molecule has 1 N–H and O–H groups in total. The summed E-state index contributed by atoms with van der Waals surface area (Å²) >= 11 is 0. The minimum Gasteiger partial charge on any atom is -0.310 e. The summed E-state index contributed by atoms with van der Waals surface area (Å²) in [4.78, 5) is 3.98. The summed E-state index contributed by atoms with van der Waals surface area (Å²) in [5.41, 5.74) is 1.66. The fourth-order valence-corrected chi connectivity index (χ4v) is 2.68. The van der Waals surface area contributed by atoms with Gasteiger partial charge in [0.25, 0.3) is 0 Å². The monoisotopic (exact) mass is 243 g/mol. The summed E-state index contributed by atoms with van der Waals surface area (Å²) in [7, 11) is 0. The number of nitriles is 1. The second-order valence-corrected chi connectivity index (χ2v) is 5.17. The van der Waals surface area contributed by atoms with Crippen molar-refractivity contribution in [1.82, 2.24) is 10.3 Å². The SMILES string of the molecule is CCC1CCC(NCc2ccnc(C#N)c2)CC1. The number of aromatic nitrogens is 1. The third-order valence-corrected chi connectivity index (χ3v) is 3.96. The van der Waals surface area contributed by atoms with Gasteiger partial charge < -0.3 is 5.32 Å². The molecule has 1 aliphatic carbocycles. The van der Waals surface area contributed by atoms with Crippen molar-refractivity contribution in [1.29, 1.82) is 5.26 Å². The van der Waals surface area contributed by atoms with Gasteiger partial charge in [0.05, 0.1) is 0 Å². The van der Waals surface area contributed by atoms with E-state index in [1.807, 2.05) is 12.1 Å². The van der Waals surface area contributed by atoms with Gasteiger partial charge in [-0.2, -0.15) is 5.26 Å². The summed E-state index contributed by atoms with van der Waals surface area (Å²) in [6, 6.07) is 6.57. The highest BCUT2D eigenvalue weighted by Gasteiger charge is 2.19. The van der Waals surface area contributed by atoms with Crippen LogP contribution < -0.4 is 5.32 Å². The zero-order chi connectivity index (χ0) is 12.8. The summed E-state index contributed by atoms with van der Waals surface area (Å²) in [6.07, 6.45) is 8.32. The predicted octanol–water partition coefficient (Wildman–Crippen LogP) is 3.01. The number of hydrogen-bond donors (Lipinski definition) is 1. The van der Waals surface area contributed by atoms with E-state index in [1.54, 1.807) is 6.20 Å². The van der Waals surface area contributed by atoms with E-state index in [0.717, 1.165) is 18.0 Å². The van der Waals surface area contributed by atoms with Crippen molar-refractivity contribution >= 4 is 0 Å². The van der Waals surface area contributed by atoms with Crippen LogP contribution in [0.3, 0.4) is 0 Å². The van der Waals surface area contributed by atoms with Gasteiger partial charge in [0.15, 0.2) is 0 Å². The lowest BCUT2D eigenvalue weighted by molar-refractivity contribution is 0.285. The lowest BCUT2D eigenvalue weighted by atomic mass is 9.84. The van der Waals surface area contributed by atoms with Crippen LogP contribution in [0.1, 0.15) is 50.3 Å². The van der Waals surface area contributed by atoms with Crippen LogP contribution in [-0.2, 0) is 6.54 Å². The van der Waals surface area contributed by atoms with E-state index >= 15 is 0 Å². The average Bonchev–Trinajstić information content (AvgIpc) is 2.46. The molecule has 96 valence electrons. The van der Waals surface area contributed by atoms with Crippen molar-refractivity contribution in [3.8, 4) is 6.07 Å². The lowest BCUT2D eigenvalue weighted by Crippen LogP contribution is -2.32. The Bertz CT molecular complexity index is 414. The lowest BCUT2D eigenvalue weighted by Gasteiger charge is -2.28. The molecule has 18 heavy (non-hydrogen) atoms. The van der Waals surface area contributed by atoms with Crippen LogP contribution >= 0.6 is 0 Å². The van der Waals surface area contributed by atoms with Crippen molar-refractivity contribution in [2.45, 2.75) is 51.6 Å². The van der Waals surface area contributed by atoms with Crippen molar-refractivity contribution in [3.05, 3.63) is 29.6 Å². The summed E-state index contributed by atoms with van der Waals surface area (Å²) < 4.78 is 0. The average molecular weight is 243 g/mol. The van der Waals surface area contributed by atoms with Gasteiger partial charge in [0.2, 0.25) is 0 Å². The normalized spacial score (nSPS) is 23.6. The molecule has 1 aromatic rings. The highest BCUT2D eigenvalue weighted by Crippen LogP contribution is 2.26. The highest BCUT2D eigenvalue weighted by atomic mass is 14.9. The van der Waals surface area contributed by atoms with Gasteiger partial charge in [-0.1, -0.05) is 13.3 Å². The molecular formula is C15H21N3. The van der Waals surface area contributed by atoms with E-state index in [2.05, 4.69) is 23.3 Å². The molecule has 0 atom stereocenters. The van der Waals surface area contributed by atoms with Crippen LogP contribution in [0.5, 0.6) is 0 Å². The Balaban J connectivity index is 1.80. The van der Waals surface area contributed by atoms with Crippen LogP contribution in [0.25, 0.3) is 0 Å². The number of nitrogens with one attached hydrogen (secondary N) is 1. The van der Waals surface area contributed by atoms with Crippen LogP contribution in [0.15, 0.2) is 18.3 Å². The largest absolute Gasteiger partial charge is 0.310 e. The van der Waals surface area contributed by atoms with Gasteiger partial charge in [-0.05, 0) is 49.3 Å². The van der Waals surface area contributed by atoms with E-state index in [1.165, 1.54) is 32.1 Å². The molecule has 0 saturated heterocycles. The van der Waals surface area contributed by atoms with E-state index in [-0.39, 0.29) is 0 Å². The fourth-order valence-electron chi connectivity index (χ4n) is 2.68. The molecular weight excluding hydrogens is 222 g/mol. The van der Waals surface area contributed by atoms with Gasteiger partial charge in [-0.3, -0.25) is 0 Å². The van der Waals surface area contributed by atoms with Crippen LogP contribution in [0.2, 0.25) is 0 Å². The molecule has 0 spiro atoms. The first-order valence-corrected chi connectivity index (χ1v) is 6.90. The number of nitrogens with zero attached hydrogens (tertiary/aromatic N) is 2. The second-order valence-electron chi connectivity index (χ2n) is 5.17. The zero-order valence-corrected chi connectivity index (χ0v) is 11.0. The molecule has 1 aromatic heterocycles. The Labute approximate surface area is 109 Å². The number of pyridine rings is 1. The minimum atomic E-state index is 0.504. The first-order chi connectivity index (χ1) is 8.81. The molecule has 1 heterocycles. The van der Waals surface area contributed by atoms with Crippen LogP contribution in [0, 0.1) is 17.2 Å². The standard InChI is InChI=1S/C15H21N3/c1-2-12-3-5-14(6-4-12)18-11-13-7-8-17-15(9-13)10-16/h7-9,12,14,18H,2-6,11H2,1H3. The summed E-state index contributed by atoms with van der Waals surface area (Å²) in [5, 5.41) is 12.4. The molecule has 0 aliphatic heterocycles. The summed E-state index contributed by atoms with van der Waals surface area (Å²) in [6.45, 7) is 3.14. The third-order valence-electron chi connectivity index (χ3n) is 3.96. The van der Waals surface area contributed by atoms with E-state index in [0.29, 0.717) is 11.7 Å². The van der Waals surface area contributed by atoms with Gasteiger partial charge in [0.1, 0.15) is 11.8 Å². The van der Waals surface area contributed by atoms with E-state index in [9.17, 15) is 0 Å². The maximum absolute atomic E-state index is 8.80. The van der Waals surface area contributed by atoms with E-state index in [4.69, 9.17) is 5.26 Å². The smallest absolute Gasteiger partial charge is 0.140 e. The van der Waals surface area contributed by atoms with Gasteiger partial charge >= 0.3 is 0 Å². The first kappa shape index (κ1) is 13.0. The second kappa shape index (κ2) is 6.51. The van der Waals surface area contributed by atoms with Crippen LogP contribution in [-0.4, -0.2) is 11.0 Å². The van der Waals surface area contributed by atoms with Crippen molar-refractivity contribution in [2.75, 3.05) is 0 Å². The molecule has 0 amide bonds. The number of rotatable bonds is 4. The Morgan fingerprint density at radius 2 is 2.17 bits per heavy atom. The molecule has 0 unspecified atom stereocenters. The Kier molecular flexibility index (Phi) is 4.72. The van der Waals surface area contributed by atoms with Gasteiger partial charge in [-0.15, -0.1) is 0 Å². The molecule has 2 rings (SSSR count). The number of hydrogen-bond acceptors (Lipinski definition) is 3. The molecule has 0 aromatic carbocycles. The van der Waals surface area contributed by atoms with Crippen molar-refractivity contribution in [3.63, 3.8) is 0 Å². The van der Waals surface area contributed by atoms with Crippen molar-refractivity contribution < 1.29 is 0 Å². The molecule has 3 nitrogen and oxygen atoms in total. The Hall–Kier alpha value is -1.40. The predicted molar refractivity (Wildman–Crippen MR) is 71.8 cm³/mol.